The van der Waals surface area contributed by atoms with Crippen molar-refractivity contribution in [1.82, 2.24) is 35.6 Å². The molecule has 0 unspecified atom stereocenters. The number of carbonyl (C=O) groups excluding carboxylic acids is 2. The number of methoxy groups -OCH3 is 1. The monoisotopic (exact) mass is 756 g/mol. The zero-order valence-corrected chi connectivity index (χ0v) is 32.6. The van der Waals surface area contributed by atoms with Crippen LogP contribution in [0, 0.1) is 0 Å². The highest BCUT2D eigenvalue weighted by atomic mass is 16.5. The molecular weight excluding hydrogens is 705 g/mol. The predicted molar refractivity (Wildman–Crippen MR) is 218 cm³/mol. The van der Waals surface area contributed by atoms with Gasteiger partial charge in [0.2, 0.25) is 0 Å². The summed E-state index contributed by atoms with van der Waals surface area (Å²) in [5.41, 5.74) is 8.78. The molecule has 5 heterocycles. The van der Waals surface area contributed by atoms with Gasteiger partial charge in [0.15, 0.2) is 5.65 Å². The lowest BCUT2D eigenvalue weighted by molar-refractivity contribution is 0.0904. The molecule has 5 aromatic rings. The van der Waals surface area contributed by atoms with Crippen LogP contribution in [-0.2, 0) is 37.3 Å². The molecule has 292 valence electrons. The Morgan fingerprint density at radius 2 is 1.73 bits per heavy atom. The number of ether oxygens (including phenoxy) is 2. The molecule has 3 aromatic carbocycles. The smallest absolute Gasteiger partial charge is 0.251 e. The number of nitrogens with one attached hydrogen (secondary N) is 4. The van der Waals surface area contributed by atoms with Crippen molar-refractivity contribution in [3.63, 3.8) is 0 Å². The van der Waals surface area contributed by atoms with E-state index in [1.54, 1.807) is 31.4 Å². The van der Waals surface area contributed by atoms with E-state index in [-0.39, 0.29) is 24.4 Å². The minimum absolute atomic E-state index is 0.252. The molecule has 0 aliphatic carbocycles. The number of pyridine rings is 1. The highest BCUT2D eigenvalue weighted by Crippen LogP contribution is 2.34. The molecule has 8 rings (SSSR count). The van der Waals surface area contributed by atoms with Crippen LogP contribution in [0.1, 0.15) is 76.2 Å². The van der Waals surface area contributed by atoms with Crippen LogP contribution < -0.4 is 26.0 Å². The zero-order chi connectivity index (χ0) is 38.6. The van der Waals surface area contributed by atoms with Crippen LogP contribution in [0.4, 0.5) is 5.69 Å². The summed E-state index contributed by atoms with van der Waals surface area (Å²) in [7, 11) is 1.68. The number of nitrogens with zero attached hydrogens (tertiary/aromatic N) is 4. The Balaban J connectivity index is 0.941. The Labute approximate surface area is 328 Å². The van der Waals surface area contributed by atoms with Crippen LogP contribution in [0.3, 0.4) is 0 Å². The summed E-state index contributed by atoms with van der Waals surface area (Å²) < 4.78 is 13.3. The number of piperazine rings is 1. The number of hydrogen-bond donors (Lipinski definition) is 4. The fraction of sp³-hybridized carbons (Fsp3) is 0.409. The number of aromatic nitrogens is 3. The van der Waals surface area contributed by atoms with Gasteiger partial charge >= 0.3 is 0 Å². The summed E-state index contributed by atoms with van der Waals surface area (Å²) in [6.07, 6.45) is 5.60. The molecule has 2 atom stereocenters. The number of aryl methyl sites for hydroxylation is 2. The molecule has 3 fully saturated rings. The Bertz CT molecular complexity index is 2210. The second kappa shape index (κ2) is 16.8. The fourth-order valence-electron chi connectivity index (χ4n) is 8.46. The predicted octanol–water partition coefficient (Wildman–Crippen LogP) is 5.69. The third-order valence-electron chi connectivity index (χ3n) is 11.5. The van der Waals surface area contributed by atoms with Crippen LogP contribution in [0.2, 0.25) is 0 Å². The number of rotatable bonds is 14. The Hall–Kier alpha value is -5.30. The van der Waals surface area contributed by atoms with E-state index in [0.29, 0.717) is 55.9 Å². The molecule has 4 N–H and O–H groups in total. The normalized spacial score (nSPS) is 18.3. The number of fused-ring (bicyclic) bond motifs is 3. The molecule has 2 bridgehead atoms. The van der Waals surface area contributed by atoms with Gasteiger partial charge in [-0.05, 0) is 85.7 Å². The number of hydrogen-bond acceptors (Lipinski definition) is 9. The molecule has 0 saturated carbocycles. The fourth-order valence-corrected chi connectivity index (χ4v) is 8.46. The van der Waals surface area contributed by atoms with Crippen molar-refractivity contribution >= 4 is 28.5 Å². The van der Waals surface area contributed by atoms with Crippen molar-refractivity contribution in [3.05, 3.63) is 106 Å². The van der Waals surface area contributed by atoms with Crippen LogP contribution >= 0.6 is 0 Å². The van der Waals surface area contributed by atoms with Crippen LogP contribution in [0.15, 0.2) is 72.9 Å². The average molecular weight is 757 g/mol. The number of likely N-dealkylation sites (tertiary alicyclic amines) is 1. The van der Waals surface area contributed by atoms with Crippen molar-refractivity contribution in [2.45, 2.75) is 83.8 Å². The van der Waals surface area contributed by atoms with Crippen molar-refractivity contribution < 1.29 is 19.1 Å². The minimum atomic E-state index is -0.265. The highest BCUT2D eigenvalue weighted by Gasteiger charge is 2.37. The van der Waals surface area contributed by atoms with E-state index in [0.717, 1.165) is 82.9 Å². The van der Waals surface area contributed by atoms with Gasteiger partial charge in [0.1, 0.15) is 5.75 Å². The molecule has 12 nitrogen and oxygen atoms in total. The van der Waals surface area contributed by atoms with E-state index in [1.165, 1.54) is 12.0 Å². The van der Waals surface area contributed by atoms with Crippen molar-refractivity contribution in [3.8, 4) is 16.9 Å². The van der Waals surface area contributed by atoms with E-state index in [9.17, 15) is 9.59 Å². The Kier molecular flexibility index (Phi) is 11.3. The lowest BCUT2D eigenvalue weighted by Crippen LogP contribution is -2.42. The van der Waals surface area contributed by atoms with Gasteiger partial charge in [-0.15, -0.1) is 0 Å². The first-order valence-electron chi connectivity index (χ1n) is 20.0. The van der Waals surface area contributed by atoms with E-state index in [4.69, 9.17) is 14.5 Å². The number of benzene rings is 3. The van der Waals surface area contributed by atoms with Gasteiger partial charge in [-0.2, -0.15) is 5.10 Å². The van der Waals surface area contributed by atoms with Gasteiger partial charge in [0.25, 0.3) is 11.8 Å². The Morgan fingerprint density at radius 3 is 2.45 bits per heavy atom. The van der Waals surface area contributed by atoms with Crippen molar-refractivity contribution in [1.29, 1.82) is 0 Å². The molecule has 3 aliphatic heterocycles. The van der Waals surface area contributed by atoms with Gasteiger partial charge < -0.3 is 30.7 Å². The summed E-state index contributed by atoms with van der Waals surface area (Å²) in [6.45, 7) is 9.97. The molecule has 2 amide bonds. The molecule has 12 heteroatoms. The molecule has 3 aliphatic rings. The standard InChI is InChI=1S/C44H52N8O4/c1-4-39-37(41(49-33-14-16-56-17-15-33)38-25-48-52(5-2)42(38)50-39)24-47-44(54)32-11-7-10-31(20-32)43(53)46-22-28-12-13-40(55-3)36(19-28)30-9-6-8-29(18-30)26-51-27-34-21-35(51)23-45-34/h6-13,18-20,25,33-35,45H,4-5,14-17,21-24,26-27H2,1-3H3,(H,46,53)(H,47,54)(H,49,50)/t34-,35-/m0/s1. The first kappa shape index (κ1) is 37.6. The summed E-state index contributed by atoms with van der Waals surface area (Å²) >= 11 is 0. The molecule has 0 spiro atoms. The van der Waals surface area contributed by atoms with E-state index in [2.05, 4.69) is 75.4 Å². The topological polar surface area (TPSA) is 135 Å². The van der Waals surface area contributed by atoms with Gasteiger partial charge in [-0.1, -0.05) is 37.3 Å². The van der Waals surface area contributed by atoms with Gasteiger partial charge in [-0.3, -0.25) is 14.5 Å². The maximum Gasteiger partial charge on any atom is 0.251 e. The lowest BCUT2D eigenvalue weighted by Gasteiger charge is -2.27. The van der Waals surface area contributed by atoms with E-state index >= 15 is 0 Å². The second-order valence-electron chi connectivity index (χ2n) is 15.1. The second-order valence-corrected chi connectivity index (χ2v) is 15.1. The lowest BCUT2D eigenvalue weighted by atomic mass is 9.99. The summed E-state index contributed by atoms with van der Waals surface area (Å²) in [5.74, 6) is 0.260. The molecule has 3 saturated heterocycles. The zero-order valence-electron chi connectivity index (χ0n) is 32.6. The van der Waals surface area contributed by atoms with Crippen LogP contribution in [0.5, 0.6) is 5.75 Å². The summed E-state index contributed by atoms with van der Waals surface area (Å²) in [4.78, 5) is 34.7. The van der Waals surface area contributed by atoms with E-state index < -0.39 is 0 Å². The maximum atomic E-state index is 13.6. The van der Waals surface area contributed by atoms with Gasteiger partial charge in [-0.25, -0.2) is 9.67 Å². The van der Waals surface area contributed by atoms with Gasteiger partial charge in [0.05, 0.1) is 24.4 Å². The molecule has 2 aromatic heterocycles. The summed E-state index contributed by atoms with van der Waals surface area (Å²) in [5, 5.41) is 19.1. The van der Waals surface area contributed by atoms with Gasteiger partial charge in [0, 0.05) is 98.6 Å². The third-order valence-corrected chi connectivity index (χ3v) is 11.5. The Morgan fingerprint density at radius 1 is 0.946 bits per heavy atom. The first-order chi connectivity index (χ1) is 27.4. The average Bonchev–Trinajstić information content (AvgIpc) is 3.99. The molecule has 56 heavy (non-hydrogen) atoms. The third kappa shape index (κ3) is 8.00. The number of carbonyl (C=O) groups is 2. The van der Waals surface area contributed by atoms with Crippen LogP contribution in [-0.4, -0.2) is 83.0 Å². The quantitative estimate of drug-likeness (QED) is 0.113. The highest BCUT2D eigenvalue weighted by molar-refractivity contribution is 6.00. The number of anilines is 1. The van der Waals surface area contributed by atoms with Crippen molar-refractivity contribution in [2.24, 2.45) is 0 Å². The first-order valence-corrected chi connectivity index (χ1v) is 20.0. The minimum Gasteiger partial charge on any atom is -0.496 e. The molecular formula is C44H52N8O4. The maximum absolute atomic E-state index is 13.6. The SMILES string of the molecule is CCc1nc2c(cnn2CC)c(NC2CCOCC2)c1CNC(=O)c1cccc(C(=O)NCc2ccc(OC)c(-c3cccc(CN4C[C@@H]5C[C@H]4CN5)c3)c2)c1. The van der Waals surface area contributed by atoms with E-state index in [1.807, 2.05) is 23.0 Å². The van der Waals surface area contributed by atoms with Crippen LogP contribution in [0.25, 0.3) is 22.2 Å². The molecule has 0 radical (unpaired) electrons. The van der Waals surface area contributed by atoms with Crippen molar-refractivity contribution in [2.75, 3.05) is 38.7 Å². The summed E-state index contributed by atoms with van der Waals surface area (Å²) in [6, 6.07) is 23.0. The largest absolute Gasteiger partial charge is 0.496 e. The number of amides is 2.